The number of nitrogens with zero attached hydrogens (tertiary/aromatic N) is 2. The van der Waals surface area contributed by atoms with Gasteiger partial charge in [-0.05, 0) is 76.8 Å². The van der Waals surface area contributed by atoms with Gasteiger partial charge in [0.15, 0.2) is 0 Å². The number of piperidine rings is 2. The van der Waals surface area contributed by atoms with Crippen LogP contribution in [0.3, 0.4) is 0 Å². The van der Waals surface area contributed by atoms with Crippen LogP contribution in [0, 0.1) is 29.1 Å². The zero-order valence-corrected chi connectivity index (χ0v) is 17.5. The molecular weight excluding hydrogens is 308 g/mol. The zero-order valence-electron chi connectivity index (χ0n) is 17.5. The smallest absolute Gasteiger partial charge is 0.139 e. The summed E-state index contributed by atoms with van der Waals surface area (Å²) in [5, 5.41) is 0. The van der Waals surface area contributed by atoms with E-state index in [4.69, 9.17) is 0 Å². The van der Waals surface area contributed by atoms with E-state index in [1.165, 1.54) is 12.8 Å². The van der Waals surface area contributed by atoms with Gasteiger partial charge in [-0.25, -0.2) is 0 Å². The molecule has 3 fully saturated rings. The van der Waals surface area contributed by atoms with E-state index in [1.807, 2.05) is 0 Å². The average Bonchev–Trinajstić information content (AvgIpc) is 2.74. The lowest BCUT2D eigenvalue weighted by Crippen LogP contribution is -2.53. The van der Waals surface area contributed by atoms with Gasteiger partial charge in [-0.1, -0.05) is 20.8 Å². The second kappa shape index (κ2) is 6.96. The number of likely N-dealkylation sites (tertiary alicyclic amines) is 2. The van der Waals surface area contributed by atoms with Gasteiger partial charge in [-0.2, -0.15) is 0 Å². The van der Waals surface area contributed by atoms with Crippen molar-refractivity contribution in [3.63, 3.8) is 0 Å². The highest BCUT2D eigenvalue weighted by molar-refractivity contribution is 5.84. The Morgan fingerprint density at radius 2 is 1.40 bits per heavy atom. The molecule has 1 saturated carbocycles. The van der Waals surface area contributed by atoms with Crippen LogP contribution in [0.1, 0.15) is 67.2 Å². The van der Waals surface area contributed by atoms with Crippen LogP contribution in [0.15, 0.2) is 0 Å². The number of carbonyl (C=O) groups is 1. The van der Waals surface area contributed by atoms with E-state index in [-0.39, 0.29) is 5.54 Å². The topological polar surface area (TPSA) is 23.6 Å². The fourth-order valence-corrected chi connectivity index (χ4v) is 5.55. The van der Waals surface area contributed by atoms with Crippen molar-refractivity contribution in [2.75, 3.05) is 32.7 Å². The van der Waals surface area contributed by atoms with E-state index in [0.717, 1.165) is 45.6 Å². The lowest BCUT2D eigenvalue weighted by Gasteiger charge is -2.45. The summed E-state index contributed by atoms with van der Waals surface area (Å²) >= 11 is 0. The van der Waals surface area contributed by atoms with Crippen LogP contribution in [0.2, 0.25) is 0 Å². The maximum Gasteiger partial charge on any atom is 0.139 e. The Kier molecular flexibility index (Phi) is 5.39. The number of hydrogen-bond acceptors (Lipinski definition) is 3. The number of Topliss-reactive ketones (excluding diaryl/α,β-unsaturated/α-hetero) is 1. The summed E-state index contributed by atoms with van der Waals surface area (Å²) in [5.41, 5.74) is 0.600. The molecule has 2 heterocycles. The van der Waals surface area contributed by atoms with Crippen LogP contribution in [0.25, 0.3) is 0 Å². The SMILES string of the molecule is CC(C)(C)CN1CCC(C(=O)C2C3CCC2CN(C(C)(C)C)C3)CC1. The molecule has 0 amide bonds. The summed E-state index contributed by atoms with van der Waals surface area (Å²) in [6.45, 7) is 19.6. The molecule has 0 aromatic heterocycles. The van der Waals surface area contributed by atoms with Gasteiger partial charge in [0.1, 0.15) is 5.78 Å². The Balaban J connectivity index is 1.57. The van der Waals surface area contributed by atoms with Gasteiger partial charge < -0.3 is 4.90 Å². The van der Waals surface area contributed by atoms with Crippen molar-refractivity contribution >= 4 is 5.78 Å². The molecule has 3 nitrogen and oxygen atoms in total. The summed E-state index contributed by atoms with van der Waals surface area (Å²) in [4.78, 5) is 18.5. The van der Waals surface area contributed by atoms with Gasteiger partial charge in [0.25, 0.3) is 0 Å². The number of hydrogen-bond donors (Lipinski definition) is 0. The minimum absolute atomic E-state index is 0.243. The monoisotopic (exact) mass is 348 g/mol. The summed E-state index contributed by atoms with van der Waals surface area (Å²) in [7, 11) is 0. The Morgan fingerprint density at radius 1 is 0.880 bits per heavy atom. The molecule has 3 aliphatic rings. The van der Waals surface area contributed by atoms with Gasteiger partial charge in [-0.3, -0.25) is 9.69 Å². The molecule has 2 saturated heterocycles. The predicted octanol–water partition coefficient (Wildman–Crippen LogP) is 4.07. The average molecular weight is 349 g/mol. The van der Waals surface area contributed by atoms with E-state index in [0.29, 0.717) is 34.9 Å². The van der Waals surface area contributed by atoms with Crippen LogP contribution in [0.4, 0.5) is 0 Å². The molecule has 0 N–H and O–H groups in total. The van der Waals surface area contributed by atoms with E-state index in [9.17, 15) is 4.79 Å². The van der Waals surface area contributed by atoms with E-state index in [2.05, 4.69) is 51.3 Å². The summed E-state index contributed by atoms with van der Waals surface area (Å²) in [6.07, 6.45) is 4.73. The van der Waals surface area contributed by atoms with Crippen molar-refractivity contribution < 1.29 is 4.79 Å². The van der Waals surface area contributed by atoms with Crippen molar-refractivity contribution in [1.29, 1.82) is 0 Å². The molecule has 25 heavy (non-hydrogen) atoms. The largest absolute Gasteiger partial charge is 0.303 e. The van der Waals surface area contributed by atoms with Crippen molar-refractivity contribution in [2.24, 2.45) is 29.1 Å². The predicted molar refractivity (Wildman–Crippen MR) is 105 cm³/mol. The normalized spacial score (nSPS) is 33.0. The van der Waals surface area contributed by atoms with E-state index in [1.54, 1.807) is 0 Å². The molecule has 2 bridgehead atoms. The standard InChI is InChI=1S/C22H40N2O/c1-21(2,3)15-23-11-9-16(10-12-23)20(25)19-17-7-8-18(19)14-24(13-17)22(4,5)6/h16-19H,7-15H2,1-6H3. The molecule has 1 aliphatic carbocycles. The third kappa shape index (κ3) is 4.47. The molecule has 3 heteroatoms. The lowest BCUT2D eigenvalue weighted by atomic mass is 9.74. The highest BCUT2D eigenvalue weighted by atomic mass is 16.1. The molecule has 144 valence electrons. The van der Waals surface area contributed by atoms with Crippen molar-refractivity contribution in [1.82, 2.24) is 9.80 Å². The fourth-order valence-electron chi connectivity index (χ4n) is 5.55. The molecule has 0 aromatic carbocycles. The molecule has 2 atom stereocenters. The maximum atomic E-state index is 13.3. The Labute approximate surface area is 155 Å². The lowest BCUT2D eigenvalue weighted by molar-refractivity contribution is -0.133. The highest BCUT2D eigenvalue weighted by Crippen LogP contribution is 2.45. The number of rotatable bonds is 3. The zero-order chi connectivity index (χ0) is 18.4. The third-order valence-electron chi connectivity index (χ3n) is 6.80. The number of fused-ring (bicyclic) bond motifs is 2. The Hall–Kier alpha value is -0.410. The second-order valence-corrected chi connectivity index (χ2v) is 11.2. The molecule has 0 radical (unpaired) electrons. The Morgan fingerprint density at radius 3 is 1.84 bits per heavy atom. The van der Waals surface area contributed by atoms with Gasteiger partial charge in [0.2, 0.25) is 0 Å². The minimum Gasteiger partial charge on any atom is -0.303 e. The highest BCUT2D eigenvalue weighted by Gasteiger charge is 2.48. The van der Waals surface area contributed by atoms with Crippen LogP contribution in [-0.4, -0.2) is 53.8 Å². The first kappa shape index (κ1) is 19.4. The van der Waals surface area contributed by atoms with Crippen LogP contribution in [-0.2, 0) is 4.79 Å². The first-order valence-corrected chi connectivity index (χ1v) is 10.6. The molecule has 0 aromatic rings. The van der Waals surface area contributed by atoms with E-state index < -0.39 is 0 Å². The summed E-state index contributed by atoms with van der Waals surface area (Å²) < 4.78 is 0. The third-order valence-corrected chi connectivity index (χ3v) is 6.80. The molecule has 2 aliphatic heterocycles. The number of ketones is 1. The van der Waals surface area contributed by atoms with Gasteiger partial charge in [0, 0.05) is 37.0 Å². The van der Waals surface area contributed by atoms with Crippen molar-refractivity contribution in [2.45, 2.75) is 72.8 Å². The first-order valence-electron chi connectivity index (χ1n) is 10.6. The summed E-state index contributed by atoms with van der Waals surface area (Å²) in [6, 6.07) is 0. The first-order chi connectivity index (χ1) is 11.5. The number of carbonyl (C=O) groups excluding carboxylic acids is 1. The molecule has 3 rings (SSSR count). The van der Waals surface area contributed by atoms with Gasteiger partial charge in [-0.15, -0.1) is 0 Å². The van der Waals surface area contributed by atoms with Crippen LogP contribution in [0.5, 0.6) is 0 Å². The molecule has 0 spiro atoms. The van der Waals surface area contributed by atoms with Gasteiger partial charge in [0.05, 0.1) is 0 Å². The minimum atomic E-state index is 0.243. The van der Waals surface area contributed by atoms with Crippen LogP contribution >= 0.6 is 0 Å². The summed E-state index contributed by atoms with van der Waals surface area (Å²) in [5.74, 6) is 2.59. The molecular formula is C22H40N2O. The Bertz CT molecular complexity index is 465. The van der Waals surface area contributed by atoms with Crippen molar-refractivity contribution in [3.05, 3.63) is 0 Å². The fraction of sp³-hybridized carbons (Fsp3) is 0.955. The van der Waals surface area contributed by atoms with Crippen molar-refractivity contribution in [3.8, 4) is 0 Å². The van der Waals surface area contributed by atoms with Gasteiger partial charge >= 0.3 is 0 Å². The van der Waals surface area contributed by atoms with E-state index >= 15 is 0 Å². The second-order valence-electron chi connectivity index (χ2n) is 11.2. The molecule has 2 unspecified atom stereocenters. The maximum absolute atomic E-state index is 13.3. The van der Waals surface area contributed by atoms with Crippen LogP contribution < -0.4 is 0 Å². The quantitative estimate of drug-likeness (QED) is 0.768.